The largest absolute Gasteiger partial charge is 0.375 e. The van der Waals surface area contributed by atoms with Gasteiger partial charge >= 0.3 is 28.8 Å². The first kappa shape index (κ1) is 16.0. The van der Waals surface area contributed by atoms with Gasteiger partial charge in [-0.15, -0.1) is 0 Å². The van der Waals surface area contributed by atoms with Crippen LogP contribution < -0.4 is 0 Å². The van der Waals surface area contributed by atoms with Gasteiger partial charge in [0.1, 0.15) is 0 Å². The van der Waals surface area contributed by atoms with Gasteiger partial charge in [0.15, 0.2) is 0 Å². The second kappa shape index (κ2) is 4.01. The first-order chi connectivity index (χ1) is 6.69. The highest BCUT2D eigenvalue weighted by atomic mass is 35.5. The molecule has 0 bridgehead atoms. The molecule has 0 aliphatic carbocycles. The lowest BCUT2D eigenvalue weighted by Gasteiger charge is -2.35. The zero-order chi connectivity index (χ0) is 13.6. The first-order valence-corrected chi connectivity index (χ1v) is 3.93. The van der Waals surface area contributed by atoms with Gasteiger partial charge in [0.25, 0.3) is 0 Å². The molecule has 0 saturated carbocycles. The van der Waals surface area contributed by atoms with Crippen LogP contribution in [0.25, 0.3) is 0 Å². The molecule has 0 saturated heterocycles. The van der Waals surface area contributed by atoms with Crippen molar-refractivity contribution in [1.29, 1.82) is 0 Å². The SMILES string of the molecule is FC(F)C(F)(F)C(F)(F)C(F)(Cl)C(F)(F)Cl. The topological polar surface area (TPSA) is 0 Å². The van der Waals surface area contributed by atoms with Gasteiger partial charge in [-0.3, -0.25) is 0 Å². The van der Waals surface area contributed by atoms with Crippen LogP contribution in [0.1, 0.15) is 0 Å². The summed E-state index contributed by atoms with van der Waals surface area (Å²) in [4.78, 5) is 0. The molecule has 0 radical (unpaired) electrons. The van der Waals surface area contributed by atoms with E-state index in [2.05, 4.69) is 23.2 Å². The van der Waals surface area contributed by atoms with Crippen molar-refractivity contribution in [1.82, 2.24) is 0 Å². The number of alkyl halides is 11. The zero-order valence-electron chi connectivity index (χ0n) is 6.73. The van der Waals surface area contributed by atoms with E-state index in [1.165, 1.54) is 0 Å². The average molecular weight is 303 g/mol. The summed E-state index contributed by atoms with van der Waals surface area (Å²) < 4.78 is 109. The van der Waals surface area contributed by atoms with Crippen LogP contribution in [-0.4, -0.2) is 28.8 Å². The van der Waals surface area contributed by atoms with E-state index >= 15 is 0 Å². The van der Waals surface area contributed by atoms with Crippen LogP contribution in [0, 0.1) is 0 Å². The van der Waals surface area contributed by atoms with Crippen molar-refractivity contribution < 1.29 is 39.5 Å². The predicted molar refractivity (Wildman–Crippen MR) is 36.4 cm³/mol. The van der Waals surface area contributed by atoms with Gasteiger partial charge in [-0.25, -0.2) is 13.2 Å². The Morgan fingerprint density at radius 1 is 0.750 bits per heavy atom. The molecule has 0 nitrogen and oxygen atoms in total. The van der Waals surface area contributed by atoms with Gasteiger partial charge in [0.2, 0.25) is 0 Å². The van der Waals surface area contributed by atoms with E-state index in [9.17, 15) is 39.5 Å². The Kier molecular flexibility index (Phi) is 3.99. The summed E-state index contributed by atoms with van der Waals surface area (Å²) in [5, 5.41) is -11.5. The van der Waals surface area contributed by atoms with Crippen LogP contribution in [0.2, 0.25) is 0 Å². The Labute approximate surface area is 92.3 Å². The third-order valence-electron chi connectivity index (χ3n) is 1.44. The summed E-state index contributed by atoms with van der Waals surface area (Å²) in [6.45, 7) is 0. The minimum atomic E-state index is -6.57. The normalized spacial score (nSPS) is 18.8. The van der Waals surface area contributed by atoms with E-state index in [0.29, 0.717) is 0 Å². The van der Waals surface area contributed by atoms with E-state index in [-0.39, 0.29) is 0 Å². The number of rotatable bonds is 4. The molecule has 0 fully saturated rings. The molecule has 0 heterocycles. The molecule has 0 aliphatic heterocycles. The van der Waals surface area contributed by atoms with Crippen LogP contribution in [0.3, 0.4) is 0 Å². The highest BCUT2D eigenvalue weighted by Gasteiger charge is 2.81. The molecule has 16 heavy (non-hydrogen) atoms. The minimum Gasteiger partial charge on any atom is -0.211 e. The minimum absolute atomic E-state index is 3.72. The summed E-state index contributed by atoms with van der Waals surface area (Å²) in [5.74, 6) is -13.0. The van der Waals surface area contributed by atoms with Crippen molar-refractivity contribution in [2.24, 2.45) is 0 Å². The lowest BCUT2D eigenvalue weighted by Crippen LogP contribution is -2.62. The standard InChI is InChI=1S/C5HCl2F9/c6-3(12,5(7,15)16)4(13,14)2(10,11)1(8)9/h1H. The average Bonchev–Trinajstić information content (AvgIpc) is 2.00. The zero-order valence-corrected chi connectivity index (χ0v) is 8.25. The predicted octanol–water partition coefficient (Wildman–Crippen LogP) is 4.26. The molecule has 0 spiro atoms. The van der Waals surface area contributed by atoms with Crippen molar-refractivity contribution in [3.05, 3.63) is 0 Å². The summed E-state index contributed by atoms with van der Waals surface area (Å²) in [6, 6.07) is 0. The van der Waals surface area contributed by atoms with Gasteiger partial charge < -0.3 is 0 Å². The fourth-order valence-corrected chi connectivity index (χ4v) is 0.769. The molecule has 0 N–H and O–H groups in total. The van der Waals surface area contributed by atoms with Crippen molar-refractivity contribution in [3.63, 3.8) is 0 Å². The Hall–Kier alpha value is -0.0500. The summed E-state index contributed by atoms with van der Waals surface area (Å²) in [6.07, 6.45) is -5.10. The Morgan fingerprint density at radius 3 is 1.25 bits per heavy atom. The molecule has 0 aliphatic rings. The van der Waals surface area contributed by atoms with E-state index < -0.39 is 28.8 Å². The fraction of sp³-hybridized carbons (Fsp3) is 1.00. The van der Waals surface area contributed by atoms with E-state index in [1.807, 2.05) is 0 Å². The summed E-state index contributed by atoms with van der Waals surface area (Å²) in [5.41, 5.74) is 0. The molecule has 0 aromatic carbocycles. The third kappa shape index (κ3) is 2.15. The van der Waals surface area contributed by atoms with Crippen molar-refractivity contribution in [2.75, 3.05) is 0 Å². The maximum Gasteiger partial charge on any atom is 0.375 e. The second-order valence-corrected chi connectivity index (χ2v) is 3.57. The maximum atomic E-state index is 12.6. The lowest BCUT2D eigenvalue weighted by molar-refractivity contribution is -0.313. The molecule has 0 rings (SSSR count). The molecule has 0 aromatic heterocycles. The molecular weight excluding hydrogens is 302 g/mol. The van der Waals surface area contributed by atoms with Crippen LogP contribution in [-0.2, 0) is 0 Å². The first-order valence-electron chi connectivity index (χ1n) is 3.18. The van der Waals surface area contributed by atoms with Gasteiger partial charge in [-0.1, -0.05) is 11.6 Å². The fourth-order valence-electron chi connectivity index (χ4n) is 0.524. The van der Waals surface area contributed by atoms with Crippen molar-refractivity contribution >= 4 is 23.2 Å². The molecular formula is C5HCl2F9. The van der Waals surface area contributed by atoms with Gasteiger partial charge in [0, 0.05) is 0 Å². The quantitative estimate of drug-likeness (QED) is 0.538. The van der Waals surface area contributed by atoms with Gasteiger partial charge in [-0.05, 0) is 11.6 Å². The highest BCUT2D eigenvalue weighted by molar-refractivity contribution is 6.33. The highest BCUT2D eigenvalue weighted by Crippen LogP contribution is 2.56. The van der Waals surface area contributed by atoms with Crippen LogP contribution in [0.4, 0.5) is 39.5 Å². The Balaban J connectivity index is 5.53. The Morgan fingerprint density at radius 2 is 1.06 bits per heavy atom. The lowest BCUT2D eigenvalue weighted by atomic mass is 10.1. The van der Waals surface area contributed by atoms with E-state index in [1.54, 1.807) is 0 Å². The number of hydrogen-bond donors (Lipinski definition) is 0. The number of halogens is 11. The van der Waals surface area contributed by atoms with E-state index in [0.717, 1.165) is 0 Å². The van der Waals surface area contributed by atoms with Crippen LogP contribution in [0.15, 0.2) is 0 Å². The summed E-state index contributed by atoms with van der Waals surface area (Å²) >= 11 is 7.54. The maximum absolute atomic E-state index is 12.6. The number of hydrogen-bond acceptors (Lipinski definition) is 0. The van der Waals surface area contributed by atoms with Crippen molar-refractivity contribution in [2.45, 2.75) is 28.8 Å². The van der Waals surface area contributed by atoms with Gasteiger partial charge in [-0.2, -0.15) is 26.3 Å². The molecule has 98 valence electrons. The monoisotopic (exact) mass is 302 g/mol. The molecule has 0 amide bonds. The van der Waals surface area contributed by atoms with Crippen LogP contribution in [0.5, 0.6) is 0 Å². The molecule has 11 heteroatoms. The Bertz CT molecular complexity index is 255. The molecule has 1 atom stereocenters. The second-order valence-electron chi connectivity index (χ2n) is 2.57. The molecule has 0 aromatic rings. The van der Waals surface area contributed by atoms with Crippen molar-refractivity contribution in [3.8, 4) is 0 Å². The van der Waals surface area contributed by atoms with E-state index in [4.69, 9.17) is 0 Å². The molecule has 1 unspecified atom stereocenters. The van der Waals surface area contributed by atoms with Gasteiger partial charge in [0.05, 0.1) is 0 Å². The third-order valence-corrected chi connectivity index (χ3v) is 2.27. The summed E-state index contributed by atoms with van der Waals surface area (Å²) in [7, 11) is 0. The van der Waals surface area contributed by atoms with Crippen LogP contribution >= 0.6 is 23.2 Å². The smallest absolute Gasteiger partial charge is 0.211 e.